The van der Waals surface area contributed by atoms with Crippen LogP contribution in [0.25, 0.3) is 0 Å². The molecule has 1 fully saturated rings. The molecule has 0 unspecified atom stereocenters. The molecule has 1 aliphatic carbocycles. The zero-order chi connectivity index (χ0) is 18.6. The third kappa shape index (κ3) is 4.44. The highest BCUT2D eigenvalue weighted by Crippen LogP contribution is 2.32. The molecule has 3 aromatic heterocycles. The number of rotatable bonds is 6. The molecule has 1 amide bonds. The molecule has 142 valence electrons. The number of carbonyl (C=O) groups excluding carboxylic acids is 1. The standard InChI is InChI=1S/C19H23N5O2S/c1-23-10-9-21-19(23)27-16-5-2-14(3-6-16)22-18(25)17-7-4-15(26-17)12-24-11-8-20-13-24/h4,7-11,13-14,16H,2-3,5-6,12H2,1H3,(H,22,25). The molecule has 8 heteroatoms. The summed E-state index contributed by atoms with van der Waals surface area (Å²) in [4.78, 5) is 20.9. The number of aryl methyl sites for hydroxylation is 1. The van der Waals surface area contributed by atoms with Crippen LogP contribution in [-0.2, 0) is 13.6 Å². The summed E-state index contributed by atoms with van der Waals surface area (Å²) >= 11 is 1.83. The first-order valence-electron chi connectivity index (χ1n) is 9.16. The topological polar surface area (TPSA) is 77.9 Å². The van der Waals surface area contributed by atoms with Crippen LogP contribution in [0.4, 0.5) is 0 Å². The predicted molar refractivity (Wildman–Crippen MR) is 103 cm³/mol. The van der Waals surface area contributed by atoms with Crippen LogP contribution in [0.1, 0.15) is 42.0 Å². The van der Waals surface area contributed by atoms with Crippen LogP contribution in [-0.4, -0.2) is 36.3 Å². The van der Waals surface area contributed by atoms with E-state index in [0.717, 1.165) is 36.6 Å². The van der Waals surface area contributed by atoms with E-state index in [-0.39, 0.29) is 11.9 Å². The average Bonchev–Trinajstić information content (AvgIpc) is 3.41. The molecule has 0 aliphatic heterocycles. The van der Waals surface area contributed by atoms with E-state index in [1.165, 1.54) is 0 Å². The fourth-order valence-electron chi connectivity index (χ4n) is 3.34. The van der Waals surface area contributed by atoms with Crippen LogP contribution in [0.5, 0.6) is 0 Å². The lowest BCUT2D eigenvalue weighted by Gasteiger charge is -2.28. The van der Waals surface area contributed by atoms with Gasteiger partial charge in [-0.25, -0.2) is 9.97 Å². The summed E-state index contributed by atoms with van der Waals surface area (Å²) in [5, 5.41) is 4.73. The van der Waals surface area contributed by atoms with Gasteiger partial charge in [0.05, 0.1) is 12.9 Å². The molecule has 1 N–H and O–H groups in total. The Balaban J connectivity index is 1.26. The largest absolute Gasteiger partial charge is 0.454 e. The number of hydrogen-bond donors (Lipinski definition) is 1. The van der Waals surface area contributed by atoms with Gasteiger partial charge in [0.25, 0.3) is 5.91 Å². The minimum absolute atomic E-state index is 0.132. The molecule has 1 aliphatic rings. The molecule has 0 saturated heterocycles. The van der Waals surface area contributed by atoms with Crippen molar-refractivity contribution in [3.8, 4) is 0 Å². The number of amides is 1. The van der Waals surface area contributed by atoms with E-state index >= 15 is 0 Å². The molecule has 3 heterocycles. The van der Waals surface area contributed by atoms with Crippen molar-refractivity contribution in [2.75, 3.05) is 0 Å². The molecule has 1 saturated carbocycles. The van der Waals surface area contributed by atoms with E-state index < -0.39 is 0 Å². The Morgan fingerprint density at radius 1 is 1.26 bits per heavy atom. The number of furan rings is 1. The van der Waals surface area contributed by atoms with Crippen molar-refractivity contribution in [2.24, 2.45) is 7.05 Å². The fraction of sp³-hybridized carbons (Fsp3) is 0.421. The summed E-state index contributed by atoms with van der Waals surface area (Å²) in [6.07, 6.45) is 13.2. The van der Waals surface area contributed by atoms with E-state index in [1.807, 2.05) is 48.0 Å². The fourth-order valence-corrected chi connectivity index (χ4v) is 4.50. The third-order valence-corrected chi connectivity index (χ3v) is 6.25. The van der Waals surface area contributed by atoms with Crippen LogP contribution in [0.15, 0.2) is 52.8 Å². The highest BCUT2D eigenvalue weighted by molar-refractivity contribution is 7.99. The van der Waals surface area contributed by atoms with Gasteiger partial charge in [-0.15, -0.1) is 0 Å². The Kier molecular flexibility index (Phi) is 5.33. The summed E-state index contributed by atoms with van der Waals surface area (Å²) in [6.45, 7) is 0.572. The second-order valence-electron chi connectivity index (χ2n) is 6.89. The van der Waals surface area contributed by atoms with Gasteiger partial charge in [-0.05, 0) is 37.8 Å². The third-order valence-electron chi connectivity index (χ3n) is 4.84. The smallest absolute Gasteiger partial charge is 0.287 e. The summed E-state index contributed by atoms with van der Waals surface area (Å²) < 4.78 is 9.65. The number of imidazole rings is 2. The zero-order valence-corrected chi connectivity index (χ0v) is 16.1. The Labute approximate surface area is 162 Å². The predicted octanol–water partition coefficient (Wildman–Crippen LogP) is 3.09. The van der Waals surface area contributed by atoms with E-state index in [1.54, 1.807) is 18.6 Å². The highest BCUT2D eigenvalue weighted by Gasteiger charge is 2.25. The van der Waals surface area contributed by atoms with E-state index in [0.29, 0.717) is 17.6 Å². The van der Waals surface area contributed by atoms with Crippen molar-refractivity contribution in [2.45, 2.75) is 48.7 Å². The van der Waals surface area contributed by atoms with Crippen LogP contribution >= 0.6 is 11.8 Å². The van der Waals surface area contributed by atoms with Gasteiger partial charge in [0, 0.05) is 43.1 Å². The van der Waals surface area contributed by atoms with Gasteiger partial charge < -0.3 is 18.9 Å². The molecule has 0 aromatic carbocycles. The molecule has 0 radical (unpaired) electrons. The Morgan fingerprint density at radius 2 is 2.11 bits per heavy atom. The molecule has 0 spiro atoms. The van der Waals surface area contributed by atoms with Crippen LogP contribution < -0.4 is 5.32 Å². The summed E-state index contributed by atoms with van der Waals surface area (Å²) in [6, 6.07) is 3.79. The van der Waals surface area contributed by atoms with E-state index in [2.05, 4.69) is 19.9 Å². The summed E-state index contributed by atoms with van der Waals surface area (Å²) in [5.41, 5.74) is 0. The van der Waals surface area contributed by atoms with Gasteiger partial charge in [-0.2, -0.15) is 0 Å². The second kappa shape index (κ2) is 8.04. The van der Waals surface area contributed by atoms with Crippen molar-refractivity contribution >= 4 is 17.7 Å². The Hall–Kier alpha value is -2.48. The normalized spacial score (nSPS) is 19.9. The average molecular weight is 385 g/mol. The van der Waals surface area contributed by atoms with Gasteiger partial charge >= 0.3 is 0 Å². The second-order valence-corrected chi connectivity index (χ2v) is 8.15. The minimum Gasteiger partial charge on any atom is -0.454 e. The van der Waals surface area contributed by atoms with Crippen molar-refractivity contribution < 1.29 is 9.21 Å². The van der Waals surface area contributed by atoms with Gasteiger partial charge in [0.2, 0.25) is 0 Å². The minimum atomic E-state index is -0.132. The van der Waals surface area contributed by atoms with Crippen LogP contribution in [0.2, 0.25) is 0 Å². The van der Waals surface area contributed by atoms with Crippen molar-refractivity contribution in [1.82, 2.24) is 24.4 Å². The van der Waals surface area contributed by atoms with Gasteiger partial charge in [0.15, 0.2) is 10.9 Å². The van der Waals surface area contributed by atoms with Crippen LogP contribution in [0.3, 0.4) is 0 Å². The number of aromatic nitrogens is 4. The SMILES string of the molecule is Cn1ccnc1SC1CCC(NC(=O)c2ccc(Cn3ccnc3)o2)CC1. The maximum Gasteiger partial charge on any atom is 0.287 e. The lowest BCUT2D eigenvalue weighted by atomic mass is 9.95. The molecule has 0 atom stereocenters. The number of nitrogens with zero attached hydrogens (tertiary/aromatic N) is 4. The molecule has 0 bridgehead atoms. The van der Waals surface area contributed by atoms with Crippen molar-refractivity contribution in [3.63, 3.8) is 0 Å². The van der Waals surface area contributed by atoms with E-state index in [4.69, 9.17) is 4.42 Å². The Morgan fingerprint density at radius 3 is 2.81 bits per heavy atom. The molecule has 4 rings (SSSR count). The zero-order valence-electron chi connectivity index (χ0n) is 15.2. The van der Waals surface area contributed by atoms with Gasteiger partial charge in [-0.1, -0.05) is 11.8 Å². The Bertz CT molecular complexity index is 878. The molecular formula is C19H23N5O2S. The van der Waals surface area contributed by atoms with E-state index in [9.17, 15) is 4.79 Å². The van der Waals surface area contributed by atoms with Gasteiger partial charge in [0.1, 0.15) is 5.76 Å². The molecular weight excluding hydrogens is 362 g/mol. The van der Waals surface area contributed by atoms with Gasteiger partial charge in [-0.3, -0.25) is 4.79 Å². The molecule has 27 heavy (non-hydrogen) atoms. The number of carbonyl (C=O) groups is 1. The maximum atomic E-state index is 12.5. The number of nitrogens with one attached hydrogen (secondary N) is 1. The quantitative estimate of drug-likeness (QED) is 0.705. The summed E-state index contributed by atoms with van der Waals surface area (Å²) in [5.74, 6) is 0.982. The lowest BCUT2D eigenvalue weighted by Crippen LogP contribution is -2.38. The first-order chi connectivity index (χ1) is 13.2. The lowest BCUT2D eigenvalue weighted by molar-refractivity contribution is 0.0898. The number of hydrogen-bond acceptors (Lipinski definition) is 5. The first-order valence-corrected chi connectivity index (χ1v) is 10.0. The van der Waals surface area contributed by atoms with Crippen LogP contribution in [0, 0.1) is 0 Å². The first kappa shape index (κ1) is 17.9. The highest BCUT2D eigenvalue weighted by atomic mass is 32.2. The number of thioether (sulfide) groups is 1. The van der Waals surface area contributed by atoms with Crippen molar-refractivity contribution in [1.29, 1.82) is 0 Å². The monoisotopic (exact) mass is 385 g/mol. The molecule has 3 aromatic rings. The maximum absolute atomic E-state index is 12.5. The molecule has 7 nitrogen and oxygen atoms in total. The summed E-state index contributed by atoms with van der Waals surface area (Å²) in [7, 11) is 2.02. The van der Waals surface area contributed by atoms with Crippen molar-refractivity contribution in [3.05, 3.63) is 54.8 Å².